The lowest BCUT2D eigenvalue weighted by Gasteiger charge is -2.43. The molecule has 4 heteroatoms. The number of hydrogen-bond donors (Lipinski definition) is 0. The Morgan fingerprint density at radius 1 is 1.21 bits per heavy atom. The Bertz CT molecular complexity index is 304. The summed E-state index contributed by atoms with van der Waals surface area (Å²) < 4.78 is 0. The van der Waals surface area contributed by atoms with Gasteiger partial charge < -0.3 is 4.90 Å². The third-order valence-electron chi connectivity index (χ3n) is 4.83. The van der Waals surface area contributed by atoms with Crippen molar-refractivity contribution >= 4 is 5.91 Å². The summed E-state index contributed by atoms with van der Waals surface area (Å²) in [5, 5.41) is 0. The average Bonchev–Trinajstić information content (AvgIpc) is 2.86. The van der Waals surface area contributed by atoms with Crippen molar-refractivity contribution in [3.63, 3.8) is 0 Å². The SMILES string of the molecule is CC[C@H]1CN2CCC[C@@H]2CN1CC(=O)N(CC)CC. The zero-order chi connectivity index (χ0) is 13.8. The Kier molecular flexibility index (Phi) is 5.22. The van der Waals surface area contributed by atoms with Gasteiger partial charge in [0.1, 0.15) is 0 Å². The van der Waals surface area contributed by atoms with Gasteiger partial charge in [-0.3, -0.25) is 14.6 Å². The summed E-state index contributed by atoms with van der Waals surface area (Å²) in [4.78, 5) is 19.3. The molecule has 0 aliphatic carbocycles. The van der Waals surface area contributed by atoms with Crippen molar-refractivity contribution in [2.45, 2.75) is 52.1 Å². The van der Waals surface area contributed by atoms with Gasteiger partial charge in [0.2, 0.25) is 5.91 Å². The molecule has 0 N–H and O–H groups in total. The smallest absolute Gasteiger partial charge is 0.236 e. The fourth-order valence-corrected chi connectivity index (χ4v) is 3.58. The minimum absolute atomic E-state index is 0.301. The van der Waals surface area contributed by atoms with E-state index in [9.17, 15) is 4.79 Å². The minimum atomic E-state index is 0.301. The van der Waals surface area contributed by atoms with Gasteiger partial charge in [-0.25, -0.2) is 0 Å². The maximum absolute atomic E-state index is 12.3. The monoisotopic (exact) mass is 267 g/mol. The molecular formula is C15H29N3O. The molecule has 2 aliphatic heterocycles. The molecule has 2 atom stereocenters. The fraction of sp³-hybridized carbons (Fsp3) is 0.933. The van der Waals surface area contributed by atoms with Gasteiger partial charge in [-0.05, 0) is 39.7 Å². The molecule has 0 radical (unpaired) electrons. The van der Waals surface area contributed by atoms with Gasteiger partial charge in [0, 0.05) is 38.3 Å². The van der Waals surface area contributed by atoms with Crippen LogP contribution in [0, 0.1) is 0 Å². The normalized spacial score (nSPS) is 28.4. The number of hydrogen-bond acceptors (Lipinski definition) is 3. The van der Waals surface area contributed by atoms with Crippen LogP contribution in [0.3, 0.4) is 0 Å². The number of carbonyl (C=O) groups is 1. The summed E-state index contributed by atoms with van der Waals surface area (Å²) in [7, 11) is 0. The Morgan fingerprint density at radius 3 is 2.58 bits per heavy atom. The first-order valence-corrected chi connectivity index (χ1v) is 7.95. The van der Waals surface area contributed by atoms with Gasteiger partial charge in [0.15, 0.2) is 0 Å². The van der Waals surface area contributed by atoms with Crippen molar-refractivity contribution in [3.8, 4) is 0 Å². The first-order valence-electron chi connectivity index (χ1n) is 7.95. The zero-order valence-electron chi connectivity index (χ0n) is 12.8. The molecule has 2 aliphatic rings. The van der Waals surface area contributed by atoms with E-state index in [1.54, 1.807) is 0 Å². The van der Waals surface area contributed by atoms with E-state index in [1.807, 2.05) is 4.90 Å². The van der Waals surface area contributed by atoms with Crippen LogP contribution in [0.2, 0.25) is 0 Å². The molecule has 0 unspecified atom stereocenters. The highest BCUT2D eigenvalue weighted by molar-refractivity contribution is 5.78. The maximum atomic E-state index is 12.3. The molecule has 0 aromatic rings. The third-order valence-corrected chi connectivity index (χ3v) is 4.83. The molecule has 1 amide bonds. The molecule has 2 saturated heterocycles. The van der Waals surface area contributed by atoms with Crippen LogP contribution in [0.25, 0.3) is 0 Å². The van der Waals surface area contributed by atoms with E-state index in [1.165, 1.54) is 19.4 Å². The van der Waals surface area contributed by atoms with Gasteiger partial charge >= 0.3 is 0 Å². The van der Waals surface area contributed by atoms with E-state index in [0.29, 0.717) is 24.5 Å². The molecule has 2 heterocycles. The summed E-state index contributed by atoms with van der Waals surface area (Å²) in [6.45, 7) is 12.2. The summed E-state index contributed by atoms with van der Waals surface area (Å²) in [5.41, 5.74) is 0. The van der Waals surface area contributed by atoms with Gasteiger partial charge in [-0.1, -0.05) is 6.92 Å². The molecule has 0 saturated carbocycles. The summed E-state index contributed by atoms with van der Waals surface area (Å²) in [6, 6.07) is 1.26. The van der Waals surface area contributed by atoms with Crippen LogP contribution < -0.4 is 0 Å². The number of likely N-dealkylation sites (N-methyl/N-ethyl adjacent to an activating group) is 1. The summed E-state index contributed by atoms with van der Waals surface area (Å²) >= 11 is 0. The molecule has 2 fully saturated rings. The lowest BCUT2D eigenvalue weighted by molar-refractivity contribution is -0.133. The second-order valence-corrected chi connectivity index (χ2v) is 5.85. The molecule has 0 aromatic heterocycles. The lowest BCUT2D eigenvalue weighted by Crippen LogP contribution is -2.57. The Hall–Kier alpha value is -0.610. The van der Waals surface area contributed by atoms with Crippen molar-refractivity contribution in [1.82, 2.24) is 14.7 Å². The number of nitrogens with zero attached hydrogens (tertiary/aromatic N) is 3. The predicted molar refractivity (Wildman–Crippen MR) is 78.2 cm³/mol. The zero-order valence-corrected chi connectivity index (χ0v) is 12.8. The Labute approximate surface area is 117 Å². The van der Waals surface area contributed by atoms with E-state index in [2.05, 4.69) is 30.6 Å². The molecule has 4 nitrogen and oxygen atoms in total. The molecule has 2 rings (SSSR count). The van der Waals surface area contributed by atoms with Crippen LogP contribution >= 0.6 is 0 Å². The van der Waals surface area contributed by atoms with Gasteiger partial charge in [0.05, 0.1) is 6.54 Å². The largest absolute Gasteiger partial charge is 0.342 e. The summed E-state index contributed by atoms with van der Waals surface area (Å²) in [6.07, 6.45) is 3.79. The van der Waals surface area contributed by atoms with Gasteiger partial charge in [-0.15, -0.1) is 0 Å². The molecule has 0 aromatic carbocycles. The van der Waals surface area contributed by atoms with Gasteiger partial charge in [-0.2, -0.15) is 0 Å². The Morgan fingerprint density at radius 2 is 1.95 bits per heavy atom. The second-order valence-electron chi connectivity index (χ2n) is 5.85. The average molecular weight is 267 g/mol. The van der Waals surface area contributed by atoms with Crippen molar-refractivity contribution in [2.24, 2.45) is 0 Å². The van der Waals surface area contributed by atoms with E-state index in [0.717, 1.165) is 32.6 Å². The summed E-state index contributed by atoms with van der Waals surface area (Å²) in [5.74, 6) is 0.301. The fourth-order valence-electron chi connectivity index (χ4n) is 3.58. The van der Waals surface area contributed by atoms with Crippen LogP contribution in [-0.4, -0.2) is 72.0 Å². The molecule has 19 heavy (non-hydrogen) atoms. The van der Waals surface area contributed by atoms with E-state index in [4.69, 9.17) is 0 Å². The van der Waals surface area contributed by atoms with Gasteiger partial charge in [0.25, 0.3) is 0 Å². The van der Waals surface area contributed by atoms with Crippen molar-refractivity contribution in [2.75, 3.05) is 39.3 Å². The maximum Gasteiger partial charge on any atom is 0.236 e. The van der Waals surface area contributed by atoms with Crippen molar-refractivity contribution < 1.29 is 4.79 Å². The number of rotatable bonds is 5. The Balaban J connectivity index is 1.95. The molecular weight excluding hydrogens is 238 g/mol. The highest BCUT2D eigenvalue weighted by Crippen LogP contribution is 2.25. The quantitative estimate of drug-likeness (QED) is 0.753. The van der Waals surface area contributed by atoms with E-state index in [-0.39, 0.29) is 0 Å². The minimum Gasteiger partial charge on any atom is -0.342 e. The lowest BCUT2D eigenvalue weighted by atomic mass is 10.1. The van der Waals surface area contributed by atoms with Crippen LogP contribution in [0.5, 0.6) is 0 Å². The number of fused-ring (bicyclic) bond motifs is 1. The van der Waals surface area contributed by atoms with Crippen molar-refractivity contribution in [1.29, 1.82) is 0 Å². The molecule has 0 bridgehead atoms. The second kappa shape index (κ2) is 6.71. The van der Waals surface area contributed by atoms with Crippen LogP contribution in [0.4, 0.5) is 0 Å². The first-order chi connectivity index (χ1) is 9.19. The number of piperazine rings is 1. The van der Waals surface area contributed by atoms with Crippen LogP contribution in [-0.2, 0) is 4.79 Å². The predicted octanol–water partition coefficient (Wildman–Crippen LogP) is 1.41. The number of amides is 1. The standard InChI is InChI=1S/C15H29N3O/c1-4-13-10-17-9-7-8-14(17)11-18(13)12-15(19)16(5-2)6-3/h13-14H,4-12H2,1-3H3/t13-,14+/m0/s1. The third kappa shape index (κ3) is 3.29. The van der Waals surface area contributed by atoms with E-state index >= 15 is 0 Å². The van der Waals surface area contributed by atoms with Crippen LogP contribution in [0.15, 0.2) is 0 Å². The highest BCUT2D eigenvalue weighted by atomic mass is 16.2. The number of carbonyl (C=O) groups excluding carboxylic acids is 1. The van der Waals surface area contributed by atoms with E-state index < -0.39 is 0 Å². The first kappa shape index (κ1) is 14.8. The molecule has 0 spiro atoms. The molecule has 110 valence electrons. The highest BCUT2D eigenvalue weighted by Gasteiger charge is 2.36. The van der Waals surface area contributed by atoms with Crippen LogP contribution in [0.1, 0.15) is 40.0 Å². The topological polar surface area (TPSA) is 26.8 Å². The van der Waals surface area contributed by atoms with Crippen molar-refractivity contribution in [3.05, 3.63) is 0 Å².